The maximum Gasteiger partial charge on any atom is 0.305 e. The molecule has 6 nitrogen and oxygen atoms in total. The minimum Gasteiger partial charge on any atom is -0.466 e. The summed E-state index contributed by atoms with van der Waals surface area (Å²) in [5.74, 6) is -0.0417. The molecule has 0 aromatic rings. The summed E-state index contributed by atoms with van der Waals surface area (Å²) >= 11 is 0. The number of ether oxygens (including phenoxy) is 1. The molecule has 1 amide bonds. The number of hydrogen-bond donors (Lipinski definition) is 3. The van der Waals surface area contributed by atoms with Crippen molar-refractivity contribution in [2.45, 2.75) is 443 Å². The summed E-state index contributed by atoms with van der Waals surface area (Å²) in [7, 11) is 0. The lowest BCUT2D eigenvalue weighted by Crippen LogP contribution is -2.45. The first-order valence-corrected chi connectivity index (χ1v) is 38.1. The molecule has 0 aromatic carbocycles. The van der Waals surface area contributed by atoms with Gasteiger partial charge < -0.3 is 20.3 Å². The summed E-state index contributed by atoms with van der Waals surface area (Å²) in [5, 5.41) is 23.3. The molecule has 0 rings (SSSR count). The Morgan fingerprint density at radius 2 is 0.566 bits per heavy atom. The molecular formula is C77H149NO5. The van der Waals surface area contributed by atoms with E-state index in [0.717, 1.165) is 38.5 Å². The van der Waals surface area contributed by atoms with Crippen molar-refractivity contribution in [2.75, 3.05) is 13.2 Å². The van der Waals surface area contributed by atoms with Crippen LogP contribution >= 0.6 is 0 Å². The van der Waals surface area contributed by atoms with E-state index in [1.54, 1.807) is 6.08 Å². The van der Waals surface area contributed by atoms with Crippen LogP contribution < -0.4 is 5.32 Å². The number of carbonyl (C=O) groups excluding carboxylic acids is 2. The summed E-state index contributed by atoms with van der Waals surface area (Å²) in [6, 6.07) is -0.628. The lowest BCUT2D eigenvalue weighted by Gasteiger charge is -2.20. The van der Waals surface area contributed by atoms with Crippen molar-refractivity contribution in [1.29, 1.82) is 0 Å². The molecule has 492 valence electrons. The van der Waals surface area contributed by atoms with Crippen LogP contribution in [0.4, 0.5) is 0 Å². The summed E-state index contributed by atoms with van der Waals surface area (Å²) in [5.41, 5.74) is 0. The van der Waals surface area contributed by atoms with Gasteiger partial charge in [0.15, 0.2) is 0 Å². The molecule has 0 aliphatic heterocycles. The number of esters is 1. The van der Waals surface area contributed by atoms with Gasteiger partial charge in [-0.3, -0.25) is 9.59 Å². The standard InChI is InChI=1S/C77H149NO5/c1-3-5-7-9-11-13-15-17-19-21-22-34-38-41-45-49-53-57-61-65-69-75(80)74(73-79)78-76(81)70-66-62-58-54-50-46-42-39-35-32-30-28-26-24-23-25-27-29-31-33-36-40-44-48-52-56-60-64-68-72-83-77(82)71-67-63-59-55-51-47-43-37-20-18-16-14-12-10-8-6-4-2/h23,25,65,69,74-75,79-80H,3-22,24,26-64,66-68,70-73H2,1-2H3,(H,78,81)/b25-23-,69-65+. The third-order valence-corrected chi connectivity index (χ3v) is 18.0. The molecule has 0 fully saturated rings. The van der Waals surface area contributed by atoms with Gasteiger partial charge in [0.05, 0.1) is 25.4 Å². The van der Waals surface area contributed by atoms with Gasteiger partial charge in [0.1, 0.15) is 0 Å². The second-order valence-corrected chi connectivity index (χ2v) is 26.3. The predicted molar refractivity (Wildman–Crippen MR) is 366 cm³/mol. The van der Waals surface area contributed by atoms with Gasteiger partial charge in [0, 0.05) is 12.8 Å². The monoisotopic (exact) mass is 1170 g/mol. The van der Waals surface area contributed by atoms with Crippen LogP contribution in [0.3, 0.4) is 0 Å². The van der Waals surface area contributed by atoms with Gasteiger partial charge in [-0.05, 0) is 57.8 Å². The van der Waals surface area contributed by atoms with Crippen molar-refractivity contribution in [1.82, 2.24) is 5.32 Å². The molecule has 0 heterocycles. The van der Waals surface area contributed by atoms with Crippen LogP contribution in [0.25, 0.3) is 0 Å². The Balaban J connectivity index is 3.38. The smallest absolute Gasteiger partial charge is 0.305 e. The van der Waals surface area contributed by atoms with E-state index in [9.17, 15) is 19.8 Å². The van der Waals surface area contributed by atoms with Crippen LogP contribution in [-0.4, -0.2) is 47.4 Å². The molecule has 0 aliphatic carbocycles. The molecule has 83 heavy (non-hydrogen) atoms. The van der Waals surface area contributed by atoms with Gasteiger partial charge in [0.2, 0.25) is 5.91 Å². The zero-order valence-corrected chi connectivity index (χ0v) is 56.5. The van der Waals surface area contributed by atoms with E-state index in [4.69, 9.17) is 4.74 Å². The molecule has 0 bridgehead atoms. The van der Waals surface area contributed by atoms with Crippen molar-refractivity contribution in [3.63, 3.8) is 0 Å². The SMILES string of the molecule is CCCCCCCCCCCCCCCCCCCC/C=C/C(O)C(CO)NC(=O)CCCCCCCCCCCCCCC/C=C\CCCCCCCCCCCCCCOC(=O)CCCCCCCCCCCCCCCCCCC. The van der Waals surface area contributed by atoms with Gasteiger partial charge in [-0.25, -0.2) is 0 Å². The van der Waals surface area contributed by atoms with E-state index < -0.39 is 12.1 Å². The Bertz CT molecular complexity index is 1300. The lowest BCUT2D eigenvalue weighted by atomic mass is 10.0. The van der Waals surface area contributed by atoms with E-state index in [-0.39, 0.29) is 18.5 Å². The van der Waals surface area contributed by atoms with E-state index >= 15 is 0 Å². The summed E-state index contributed by atoms with van der Waals surface area (Å²) in [6.07, 6.45) is 92.8. The zero-order chi connectivity index (χ0) is 59.9. The van der Waals surface area contributed by atoms with Crippen molar-refractivity contribution >= 4 is 11.9 Å². The van der Waals surface area contributed by atoms with Gasteiger partial charge in [0.25, 0.3) is 0 Å². The Labute approximate surface area is 520 Å². The van der Waals surface area contributed by atoms with Gasteiger partial charge in [-0.1, -0.05) is 385 Å². The van der Waals surface area contributed by atoms with Crippen LogP contribution in [0.2, 0.25) is 0 Å². The molecule has 0 saturated carbocycles. The number of unbranched alkanes of at least 4 members (excludes halogenated alkanes) is 59. The Morgan fingerprint density at radius 1 is 0.325 bits per heavy atom. The minimum atomic E-state index is -0.845. The second-order valence-electron chi connectivity index (χ2n) is 26.3. The number of rotatable bonds is 72. The largest absolute Gasteiger partial charge is 0.466 e. The summed E-state index contributed by atoms with van der Waals surface area (Å²) in [6.45, 7) is 4.96. The molecule has 0 aromatic heterocycles. The van der Waals surface area contributed by atoms with Crippen LogP contribution in [-0.2, 0) is 14.3 Å². The number of aliphatic hydroxyl groups excluding tert-OH is 2. The predicted octanol–water partition coefficient (Wildman–Crippen LogP) is 24.9. The van der Waals surface area contributed by atoms with Crippen LogP contribution in [0.15, 0.2) is 24.3 Å². The van der Waals surface area contributed by atoms with Gasteiger partial charge in [-0.15, -0.1) is 0 Å². The molecule has 2 atom stereocenters. The van der Waals surface area contributed by atoms with Crippen molar-refractivity contribution in [3.05, 3.63) is 24.3 Å². The van der Waals surface area contributed by atoms with Crippen LogP contribution in [0, 0.1) is 0 Å². The van der Waals surface area contributed by atoms with Crippen molar-refractivity contribution < 1.29 is 24.5 Å². The number of amides is 1. The second kappa shape index (κ2) is 72.8. The first kappa shape index (κ1) is 81.3. The summed E-state index contributed by atoms with van der Waals surface area (Å²) in [4.78, 5) is 24.6. The molecule has 6 heteroatoms. The number of hydrogen-bond acceptors (Lipinski definition) is 5. The zero-order valence-electron chi connectivity index (χ0n) is 56.5. The highest BCUT2D eigenvalue weighted by molar-refractivity contribution is 5.76. The first-order valence-electron chi connectivity index (χ1n) is 38.1. The Kier molecular flexibility index (Phi) is 71.4. The van der Waals surface area contributed by atoms with E-state index in [1.807, 2.05) is 6.08 Å². The third kappa shape index (κ3) is 69.3. The maximum atomic E-state index is 12.5. The quantitative estimate of drug-likeness (QED) is 0.0320. The fourth-order valence-corrected chi connectivity index (χ4v) is 12.2. The number of carbonyl (C=O) groups is 2. The molecule has 0 saturated heterocycles. The van der Waals surface area contributed by atoms with Crippen molar-refractivity contribution in [3.8, 4) is 0 Å². The Hall–Kier alpha value is -1.66. The normalized spacial score (nSPS) is 12.6. The molecule has 3 N–H and O–H groups in total. The van der Waals surface area contributed by atoms with Crippen LogP contribution in [0.5, 0.6) is 0 Å². The number of aliphatic hydroxyl groups is 2. The number of allylic oxidation sites excluding steroid dienone is 3. The molecule has 0 radical (unpaired) electrons. The highest BCUT2D eigenvalue weighted by atomic mass is 16.5. The lowest BCUT2D eigenvalue weighted by molar-refractivity contribution is -0.143. The highest BCUT2D eigenvalue weighted by Gasteiger charge is 2.18. The molecule has 0 spiro atoms. The topological polar surface area (TPSA) is 95.9 Å². The van der Waals surface area contributed by atoms with E-state index in [2.05, 4.69) is 31.3 Å². The van der Waals surface area contributed by atoms with Crippen LogP contribution in [0.1, 0.15) is 431 Å². The average Bonchev–Trinajstić information content (AvgIpc) is 3.49. The third-order valence-electron chi connectivity index (χ3n) is 18.0. The van der Waals surface area contributed by atoms with E-state index in [1.165, 1.54) is 366 Å². The van der Waals surface area contributed by atoms with Crippen molar-refractivity contribution in [2.24, 2.45) is 0 Å². The van der Waals surface area contributed by atoms with Gasteiger partial charge >= 0.3 is 5.97 Å². The first-order chi connectivity index (χ1) is 41.0. The van der Waals surface area contributed by atoms with E-state index in [0.29, 0.717) is 19.4 Å². The molecule has 2 unspecified atom stereocenters. The highest BCUT2D eigenvalue weighted by Crippen LogP contribution is 2.19. The maximum absolute atomic E-state index is 12.5. The molecule has 0 aliphatic rings. The summed E-state index contributed by atoms with van der Waals surface area (Å²) < 4.78 is 5.51. The minimum absolute atomic E-state index is 0.0211. The number of nitrogens with one attached hydrogen (secondary N) is 1. The fourth-order valence-electron chi connectivity index (χ4n) is 12.2. The molecular weight excluding hydrogens is 1020 g/mol. The fraction of sp³-hybridized carbons (Fsp3) is 0.922. The average molecular weight is 1170 g/mol. The van der Waals surface area contributed by atoms with Gasteiger partial charge in [-0.2, -0.15) is 0 Å². The Morgan fingerprint density at radius 3 is 0.855 bits per heavy atom.